The molecule has 5 aromatic rings. The van der Waals surface area contributed by atoms with Crippen LogP contribution in [0.1, 0.15) is 44.6 Å². The summed E-state index contributed by atoms with van der Waals surface area (Å²) in [5.74, 6) is 0.977. The van der Waals surface area contributed by atoms with Crippen molar-refractivity contribution in [1.82, 2.24) is 25.1 Å². The van der Waals surface area contributed by atoms with Gasteiger partial charge in [0.25, 0.3) is 11.8 Å². The minimum Gasteiger partial charge on any atom is -0.497 e. The van der Waals surface area contributed by atoms with Gasteiger partial charge in [-0.3, -0.25) is 14.2 Å². The normalized spacial score (nSPS) is 14.4. The van der Waals surface area contributed by atoms with Crippen molar-refractivity contribution in [2.24, 2.45) is 5.10 Å². The van der Waals surface area contributed by atoms with Gasteiger partial charge in [0, 0.05) is 17.7 Å². The molecule has 1 aliphatic rings. The Labute approximate surface area is 263 Å². The van der Waals surface area contributed by atoms with Gasteiger partial charge in [-0.1, -0.05) is 65.9 Å². The van der Waals surface area contributed by atoms with Crippen molar-refractivity contribution in [3.05, 3.63) is 124 Å². The maximum atomic E-state index is 13.7. The summed E-state index contributed by atoms with van der Waals surface area (Å²) in [4.78, 5) is 27.6. The zero-order chi connectivity index (χ0) is 30.5. The summed E-state index contributed by atoms with van der Waals surface area (Å²) in [5.41, 5.74) is 4.46. The summed E-state index contributed by atoms with van der Waals surface area (Å²) in [6, 6.07) is 28.7. The molecular formula is C33H30N6O3S2. The molecule has 1 N–H and O–H groups in total. The predicted octanol–water partition coefficient (Wildman–Crippen LogP) is 6.05. The number of benzene rings is 3. The summed E-state index contributed by atoms with van der Waals surface area (Å²) in [6.45, 7) is 2.20. The Morgan fingerprint density at radius 3 is 2.45 bits per heavy atom. The number of thioether (sulfide) groups is 1. The molecule has 1 atom stereocenters. The number of nitrogens with zero attached hydrogens (tertiary/aromatic N) is 5. The molecule has 0 aliphatic carbocycles. The maximum Gasteiger partial charge on any atom is 0.253 e. The molecular weight excluding hydrogens is 593 g/mol. The Bertz CT molecular complexity index is 1770. The number of methoxy groups -OCH3 is 1. The Kier molecular flexibility index (Phi) is 8.85. The van der Waals surface area contributed by atoms with Gasteiger partial charge in [-0.2, -0.15) is 5.10 Å². The Hall–Kier alpha value is -4.74. The molecule has 1 aliphatic heterocycles. The van der Waals surface area contributed by atoms with Crippen molar-refractivity contribution in [2.45, 2.75) is 31.1 Å². The highest BCUT2D eigenvalue weighted by molar-refractivity contribution is 7.99. The van der Waals surface area contributed by atoms with Crippen LogP contribution < -0.4 is 10.1 Å². The van der Waals surface area contributed by atoms with Crippen LogP contribution in [0.3, 0.4) is 0 Å². The highest BCUT2D eigenvalue weighted by atomic mass is 32.2. The molecule has 0 saturated heterocycles. The van der Waals surface area contributed by atoms with Gasteiger partial charge in [-0.05, 0) is 60.3 Å². The van der Waals surface area contributed by atoms with Gasteiger partial charge < -0.3 is 10.1 Å². The zero-order valence-electron chi connectivity index (χ0n) is 24.2. The van der Waals surface area contributed by atoms with Gasteiger partial charge in [0.2, 0.25) is 0 Å². The van der Waals surface area contributed by atoms with E-state index in [9.17, 15) is 9.59 Å². The van der Waals surface area contributed by atoms with Crippen LogP contribution in [-0.4, -0.2) is 50.2 Å². The number of aromatic nitrogens is 3. The highest BCUT2D eigenvalue weighted by Gasteiger charge is 2.33. The first kappa shape index (κ1) is 29.3. The monoisotopic (exact) mass is 622 g/mol. The SMILES string of the molecule is COc1ccc(C(=O)NCc2nnc(SCC(=O)N3N=C(c4cccs4)CC3c3ccc(C)cc3)n2-c2ccccc2)cc1. The fourth-order valence-corrected chi connectivity index (χ4v) is 6.47. The molecule has 11 heteroatoms. The molecule has 0 radical (unpaired) electrons. The largest absolute Gasteiger partial charge is 0.497 e. The summed E-state index contributed by atoms with van der Waals surface area (Å²) in [7, 11) is 1.58. The van der Waals surface area contributed by atoms with E-state index in [1.165, 1.54) is 11.8 Å². The van der Waals surface area contributed by atoms with Crippen molar-refractivity contribution in [1.29, 1.82) is 0 Å². The number of ether oxygens (including phenoxy) is 1. The summed E-state index contributed by atoms with van der Waals surface area (Å²) < 4.78 is 7.05. The first-order valence-corrected chi connectivity index (χ1v) is 15.9. The first-order chi connectivity index (χ1) is 21.5. The smallest absolute Gasteiger partial charge is 0.253 e. The second kappa shape index (κ2) is 13.3. The minimum absolute atomic E-state index is 0.118. The van der Waals surface area contributed by atoms with Gasteiger partial charge in [-0.15, -0.1) is 21.5 Å². The second-order valence-electron chi connectivity index (χ2n) is 10.2. The second-order valence-corrected chi connectivity index (χ2v) is 12.1. The van der Waals surface area contributed by atoms with Gasteiger partial charge in [0.1, 0.15) is 5.75 Å². The molecule has 0 spiro atoms. The van der Waals surface area contributed by atoms with Gasteiger partial charge in [-0.25, -0.2) is 5.01 Å². The molecule has 3 heterocycles. The summed E-state index contributed by atoms with van der Waals surface area (Å²) in [5, 5.41) is 20.7. The van der Waals surface area contributed by atoms with E-state index in [1.807, 2.05) is 59.3 Å². The third kappa shape index (κ3) is 6.43. The lowest BCUT2D eigenvalue weighted by Crippen LogP contribution is -2.28. The zero-order valence-corrected chi connectivity index (χ0v) is 25.8. The quantitative estimate of drug-likeness (QED) is 0.191. The van der Waals surface area contributed by atoms with Crippen molar-refractivity contribution in [2.75, 3.05) is 12.9 Å². The van der Waals surface area contributed by atoms with Crippen molar-refractivity contribution >= 4 is 40.6 Å². The van der Waals surface area contributed by atoms with E-state index in [1.54, 1.807) is 47.7 Å². The number of carbonyl (C=O) groups is 2. The molecule has 44 heavy (non-hydrogen) atoms. The van der Waals surface area contributed by atoms with E-state index >= 15 is 0 Å². The number of hydrogen-bond donors (Lipinski definition) is 1. The molecule has 2 aromatic heterocycles. The van der Waals surface area contributed by atoms with E-state index in [0.717, 1.165) is 27.4 Å². The Morgan fingerprint density at radius 2 is 1.75 bits per heavy atom. The van der Waals surface area contributed by atoms with E-state index in [-0.39, 0.29) is 30.2 Å². The number of thiophene rings is 1. The topological polar surface area (TPSA) is 102 Å². The lowest BCUT2D eigenvalue weighted by atomic mass is 10.00. The lowest BCUT2D eigenvalue weighted by Gasteiger charge is -2.22. The van der Waals surface area contributed by atoms with Gasteiger partial charge in [0.15, 0.2) is 11.0 Å². The highest BCUT2D eigenvalue weighted by Crippen LogP contribution is 2.35. The number of amides is 2. The van der Waals surface area contributed by atoms with Crippen LogP contribution in [0.15, 0.2) is 107 Å². The van der Waals surface area contributed by atoms with Crippen LogP contribution in [-0.2, 0) is 11.3 Å². The summed E-state index contributed by atoms with van der Waals surface area (Å²) >= 11 is 2.92. The average Bonchev–Trinajstić information content (AvgIpc) is 3.84. The van der Waals surface area contributed by atoms with E-state index < -0.39 is 0 Å². The molecule has 9 nitrogen and oxygen atoms in total. The Balaban J connectivity index is 1.21. The number of nitrogens with one attached hydrogen (secondary N) is 1. The average molecular weight is 623 g/mol. The molecule has 2 amide bonds. The third-order valence-corrected chi connectivity index (χ3v) is 9.06. The number of hydrazone groups is 1. The minimum atomic E-state index is -0.241. The van der Waals surface area contributed by atoms with E-state index in [2.05, 4.69) is 39.8 Å². The van der Waals surface area contributed by atoms with Crippen molar-refractivity contribution < 1.29 is 14.3 Å². The van der Waals surface area contributed by atoms with Crippen molar-refractivity contribution in [3.63, 3.8) is 0 Å². The van der Waals surface area contributed by atoms with Crippen LogP contribution in [0.2, 0.25) is 0 Å². The Morgan fingerprint density at radius 1 is 0.977 bits per heavy atom. The van der Waals surface area contributed by atoms with Crippen LogP contribution >= 0.6 is 23.1 Å². The first-order valence-electron chi connectivity index (χ1n) is 14.0. The fraction of sp³-hybridized carbons (Fsp3) is 0.182. The molecule has 3 aromatic carbocycles. The third-order valence-electron chi connectivity index (χ3n) is 7.23. The maximum absolute atomic E-state index is 13.7. The number of para-hydroxylation sites is 1. The van der Waals surface area contributed by atoms with Gasteiger partial charge >= 0.3 is 0 Å². The fourth-order valence-electron chi connectivity index (χ4n) is 4.92. The summed E-state index contributed by atoms with van der Waals surface area (Å²) in [6.07, 6.45) is 0.651. The number of carbonyl (C=O) groups excluding carboxylic acids is 2. The standard InChI is InChI=1S/C33H30N6O3S2/c1-22-10-12-23(13-11-22)28-19-27(29-9-6-18-43-29)37-39(28)31(40)21-44-33-36-35-30(38(33)25-7-4-3-5-8-25)20-34-32(41)24-14-16-26(42-2)17-15-24/h3-18,28H,19-21H2,1-2H3,(H,34,41). The molecule has 1 unspecified atom stereocenters. The van der Waals surface area contributed by atoms with Crippen molar-refractivity contribution in [3.8, 4) is 11.4 Å². The lowest BCUT2D eigenvalue weighted by molar-refractivity contribution is -0.130. The molecule has 6 rings (SSSR count). The molecule has 0 fully saturated rings. The van der Waals surface area contributed by atoms with Gasteiger partial charge in [0.05, 0.1) is 36.0 Å². The van der Waals surface area contributed by atoms with Crippen LogP contribution in [0.4, 0.5) is 0 Å². The number of rotatable bonds is 10. The molecule has 0 saturated carbocycles. The van der Waals surface area contributed by atoms with Crippen LogP contribution in [0.25, 0.3) is 5.69 Å². The van der Waals surface area contributed by atoms with E-state index in [0.29, 0.717) is 28.7 Å². The van der Waals surface area contributed by atoms with Crippen LogP contribution in [0, 0.1) is 6.92 Å². The van der Waals surface area contributed by atoms with Crippen LogP contribution in [0.5, 0.6) is 5.75 Å². The number of hydrogen-bond acceptors (Lipinski definition) is 8. The molecule has 0 bridgehead atoms. The number of aryl methyl sites for hydroxylation is 1. The predicted molar refractivity (Wildman–Crippen MR) is 172 cm³/mol. The van der Waals surface area contributed by atoms with E-state index in [4.69, 9.17) is 9.84 Å². The molecule has 222 valence electrons.